The quantitative estimate of drug-likeness (QED) is 0.784. The van der Waals surface area contributed by atoms with Crippen LogP contribution >= 0.6 is 15.9 Å². The number of hydrogen-bond donors (Lipinski definition) is 0. The Morgan fingerprint density at radius 2 is 1.65 bits per heavy atom. The molecule has 0 spiro atoms. The maximum absolute atomic E-state index is 12.8. The Hall–Kier alpha value is -1.43. The van der Waals surface area contributed by atoms with Crippen molar-refractivity contribution in [3.8, 4) is 0 Å². The van der Waals surface area contributed by atoms with Gasteiger partial charge in [-0.1, -0.05) is 51.8 Å². The minimum Gasteiger partial charge on any atom is -0.207 e. The van der Waals surface area contributed by atoms with Gasteiger partial charge in [-0.3, -0.25) is 0 Å². The predicted octanol–water partition coefficient (Wildman–Crippen LogP) is 4.24. The van der Waals surface area contributed by atoms with E-state index in [2.05, 4.69) is 22.0 Å². The molecule has 0 bridgehead atoms. The van der Waals surface area contributed by atoms with E-state index in [0.717, 1.165) is 27.6 Å². The summed E-state index contributed by atoms with van der Waals surface area (Å²) in [5, 5.41) is 0. The van der Waals surface area contributed by atoms with Crippen molar-refractivity contribution in [3.63, 3.8) is 0 Å². The minimum atomic E-state index is -3.44. The van der Waals surface area contributed by atoms with E-state index in [1.165, 1.54) is 0 Å². The molecule has 0 N–H and O–H groups in total. The number of nitrogens with zero attached hydrogens (tertiary/aromatic N) is 1. The van der Waals surface area contributed by atoms with Crippen LogP contribution in [0.25, 0.3) is 5.57 Å². The van der Waals surface area contributed by atoms with Crippen molar-refractivity contribution in [2.45, 2.75) is 18.2 Å². The average Bonchev–Trinajstić information content (AvgIpc) is 2.56. The van der Waals surface area contributed by atoms with Gasteiger partial charge in [-0.2, -0.15) is 4.31 Å². The highest BCUT2D eigenvalue weighted by Crippen LogP contribution is 2.26. The lowest BCUT2D eigenvalue weighted by atomic mass is 10.0. The summed E-state index contributed by atoms with van der Waals surface area (Å²) in [6.07, 6.45) is 2.86. The first-order chi connectivity index (χ1) is 11.0. The summed E-state index contributed by atoms with van der Waals surface area (Å²) in [6.45, 7) is 2.89. The van der Waals surface area contributed by atoms with Crippen LogP contribution in [0.4, 0.5) is 0 Å². The van der Waals surface area contributed by atoms with Gasteiger partial charge in [-0.15, -0.1) is 0 Å². The number of hydrogen-bond acceptors (Lipinski definition) is 2. The molecule has 0 atom stereocenters. The highest BCUT2D eigenvalue weighted by atomic mass is 79.9. The topological polar surface area (TPSA) is 37.4 Å². The third-order valence-electron chi connectivity index (χ3n) is 3.99. The summed E-state index contributed by atoms with van der Waals surface area (Å²) in [7, 11) is -3.44. The lowest BCUT2D eigenvalue weighted by Gasteiger charge is -2.27. The minimum absolute atomic E-state index is 0.361. The molecule has 3 rings (SSSR count). The van der Waals surface area contributed by atoms with Gasteiger partial charge >= 0.3 is 0 Å². The fourth-order valence-electron chi connectivity index (χ4n) is 2.65. The fraction of sp³-hybridized carbons (Fsp3) is 0.222. The molecule has 0 amide bonds. The molecule has 23 heavy (non-hydrogen) atoms. The van der Waals surface area contributed by atoms with Crippen LogP contribution in [-0.4, -0.2) is 25.8 Å². The highest BCUT2D eigenvalue weighted by molar-refractivity contribution is 9.10. The molecule has 2 aromatic carbocycles. The molecule has 0 unspecified atom stereocenters. The summed E-state index contributed by atoms with van der Waals surface area (Å²) < 4.78 is 28.2. The molecule has 1 heterocycles. The molecule has 3 nitrogen and oxygen atoms in total. The van der Waals surface area contributed by atoms with Crippen LogP contribution in [0, 0.1) is 6.92 Å². The lowest BCUT2D eigenvalue weighted by Crippen LogP contribution is -2.35. The van der Waals surface area contributed by atoms with Crippen molar-refractivity contribution in [2.24, 2.45) is 0 Å². The molecule has 1 aliphatic heterocycles. The number of benzene rings is 2. The molecule has 0 saturated heterocycles. The van der Waals surface area contributed by atoms with Gasteiger partial charge in [0, 0.05) is 17.6 Å². The van der Waals surface area contributed by atoms with Crippen molar-refractivity contribution in [1.82, 2.24) is 4.31 Å². The Morgan fingerprint density at radius 1 is 1.00 bits per heavy atom. The van der Waals surface area contributed by atoms with Gasteiger partial charge < -0.3 is 0 Å². The van der Waals surface area contributed by atoms with Crippen LogP contribution in [0.2, 0.25) is 0 Å². The van der Waals surface area contributed by atoms with E-state index in [-0.39, 0.29) is 0 Å². The van der Waals surface area contributed by atoms with Crippen LogP contribution in [0.5, 0.6) is 0 Å². The summed E-state index contributed by atoms with van der Waals surface area (Å²) >= 11 is 3.42. The molecular weight excluding hydrogens is 374 g/mol. The zero-order chi connectivity index (χ0) is 16.4. The normalized spacial score (nSPS) is 16.2. The van der Waals surface area contributed by atoms with Crippen molar-refractivity contribution in [1.29, 1.82) is 0 Å². The largest absolute Gasteiger partial charge is 0.243 e. The van der Waals surface area contributed by atoms with E-state index in [1.54, 1.807) is 16.4 Å². The lowest BCUT2D eigenvalue weighted by molar-refractivity contribution is 0.443. The second-order valence-electron chi connectivity index (χ2n) is 5.68. The monoisotopic (exact) mass is 391 g/mol. The zero-order valence-corrected chi connectivity index (χ0v) is 15.3. The maximum atomic E-state index is 12.8. The Balaban J connectivity index is 1.86. The van der Waals surface area contributed by atoms with Crippen LogP contribution in [0.1, 0.15) is 17.5 Å². The summed E-state index contributed by atoms with van der Waals surface area (Å²) in [5.74, 6) is 0. The second kappa shape index (κ2) is 6.59. The van der Waals surface area contributed by atoms with E-state index >= 15 is 0 Å². The Bertz CT molecular complexity index is 824. The molecule has 0 fully saturated rings. The number of rotatable bonds is 3. The van der Waals surface area contributed by atoms with Crippen molar-refractivity contribution in [2.75, 3.05) is 13.1 Å². The van der Waals surface area contributed by atoms with E-state index in [4.69, 9.17) is 0 Å². The second-order valence-corrected chi connectivity index (χ2v) is 8.53. The molecule has 1 aliphatic rings. The van der Waals surface area contributed by atoms with Gasteiger partial charge in [0.15, 0.2) is 0 Å². The Morgan fingerprint density at radius 3 is 2.30 bits per heavy atom. The van der Waals surface area contributed by atoms with E-state index < -0.39 is 10.0 Å². The van der Waals surface area contributed by atoms with Gasteiger partial charge in [-0.05, 0) is 48.7 Å². The van der Waals surface area contributed by atoms with Crippen molar-refractivity contribution >= 4 is 31.5 Å². The highest BCUT2D eigenvalue weighted by Gasteiger charge is 2.27. The van der Waals surface area contributed by atoms with Crippen molar-refractivity contribution in [3.05, 3.63) is 70.2 Å². The van der Waals surface area contributed by atoms with Gasteiger partial charge in [0.05, 0.1) is 4.90 Å². The van der Waals surface area contributed by atoms with Crippen LogP contribution < -0.4 is 0 Å². The first-order valence-electron chi connectivity index (χ1n) is 7.48. The summed E-state index contributed by atoms with van der Waals surface area (Å²) in [5.41, 5.74) is 3.18. The number of sulfonamides is 1. The predicted molar refractivity (Wildman–Crippen MR) is 96.7 cm³/mol. The standard InChI is InChI=1S/C18H18BrNO2S/c1-14-4-10-18(11-5-14)23(21,22)20-12-2-3-16(13-20)15-6-8-17(19)9-7-15/h3-11H,2,12-13H2,1H3. The zero-order valence-electron chi connectivity index (χ0n) is 12.9. The molecule has 120 valence electrons. The SMILES string of the molecule is Cc1ccc(S(=O)(=O)N2CCC=C(c3ccc(Br)cc3)C2)cc1. The van der Waals surface area contributed by atoms with Crippen LogP contribution in [-0.2, 0) is 10.0 Å². The van der Waals surface area contributed by atoms with Crippen molar-refractivity contribution < 1.29 is 8.42 Å². The van der Waals surface area contributed by atoms with Gasteiger partial charge in [0.1, 0.15) is 0 Å². The molecule has 2 aromatic rings. The molecule has 0 saturated carbocycles. The summed E-state index contributed by atoms with van der Waals surface area (Å²) in [4.78, 5) is 0.361. The van der Waals surface area contributed by atoms with Crippen LogP contribution in [0.3, 0.4) is 0 Å². The Kier molecular flexibility index (Phi) is 4.71. The number of halogens is 1. The average molecular weight is 392 g/mol. The van der Waals surface area contributed by atoms with E-state index in [0.29, 0.717) is 18.0 Å². The maximum Gasteiger partial charge on any atom is 0.243 e. The first-order valence-corrected chi connectivity index (χ1v) is 9.72. The third kappa shape index (κ3) is 3.57. The Labute approximate surface area is 145 Å². The third-order valence-corrected chi connectivity index (χ3v) is 6.38. The van der Waals surface area contributed by atoms with Gasteiger partial charge in [-0.25, -0.2) is 8.42 Å². The smallest absolute Gasteiger partial charge is 0.207 e. The molecule has 0 aliphatic carbocycles. The first kappa shape index (κ1) is 16.4. The van der Waals surface area contributed by atoms with Gasteiger partial charge in [0.25, 0.3) is 0 Å². The molecule has 5 heteroatoms. The summed E-state index contributed by atoms with van der Waals surface area (Å²) in [6, 6.07) is 15.0. The van der Waals surface area contributed by atoms with Crippen LogP contribution in [0.15, 0.2) is 64.0 Å². The molecule has 0 aromatic heterocycles. The number of aryl methyl sites for hydroxylation is 1. The fourth-order valence-corrected chi connectivity index (χ4v) is 4.35. The molecular formula is C18H18BrNO2S. The molecule has 0 radical (unpaired) electrons. The van der Waals surface area contributed by atoms with E-state index in [9.17, 15) is 8.42 Å². The van der Waals surface area contributed by atoms with Gasteiger partial charge in [0.2, 0.25) is 10.0 Å². The van der Waals surface area contributed by atoms with E-state index in [1.807, 2.05) is 43.3 Å².